The van der Waals surface area contributed by atoms with Gasteiger partial charge in [0.05, 0.1) is 17.3 Å². The van der Waals surface area contributed by atoms with Crippen molar-refractivity contribution in [1.29, 1.82) is 5.26 Å². The molecule has 6 heteroatoms. The van der Waals surface area contributed by atoms with Gasteiger partial charge >= 0.3 is 0 Å². The van der Waals surface area contributed by atoms with E-state index in [9.17, 15) is 4.79 Å². The molecule has 0 bridgehead atoms. The first-order valence-electron chi connectivity index (χ1n) is 6.81. The standard InChI is InChI=1S/C14H15N3OS2/c15-7-9-20-14-16-11-6-8-19-12(11)13(18)17(14)10-4-2-1-3-5-10/h6,8,10H,1-5,9H2. The van der Waals surface area contributed by atoms with Crippen LogP contribution in [0.25, 0.3) is 10.2 Å². The van der Waals surface area contributed by atoms with Crippen molar-refractivity contribution in [3.05, 3.63) is 21.8 Å². The van der Waals surface area contributed by atoms with Gasteiger partial charge in [0, 0.05) is 6.04 Å². The van der Waals surface area contributed by atoms with Crippen LogP contribution in [0.3, 0.4) is 0 Å². The number of nitriles is 1. The van der Waals surface area contributed by atoms with E-state index in [0.717, 1.165) is 23.1 Å². The van der Waals surface area contributed by atoms with E-state index in [4.69, 9.17) is 5.26 Å². The quantitative estimate of drug-likeness (QED) is 0.642. The number of hydrogen-bond donors (Lipinski definition) is 0. The lowest BCUT2D eigenvalue weighted by Gasteiger charge is -2.25. The SMILES string of the molecule is N#CCSc1nc2ccsc2c(=O)n1C1CCCCC1. The van der Waals surface area contributed by atoms with Crippen molar-refractivity contribution in [3.63, 3.8) is 0 Å². The van der Waals surface area contributed by atoms with Gasteiger partial charge in [-0.05, 0) is 24.3 Å². The fourth-order valence-electron chi connectivity index (χ4n) is 2.76. The summed E-state index contributed by atoms with van der Waals surface area (Å²) in [6, 6.07) is 4.24. The topological polar surface area (TPSA) is 58.7 Å². The average molecular weight is 305 g/mol. The van der Waals surface area contributed by atoms with Crippen LogP contribution < -0.4 is 5.56 Å². The molecular weight excluding hydrogens is 290 g/mol. The van der Waals surface area contributed by atoms with Crippen LogP contribution in [-0.2, 0) is 0 Å². The van der Waals surface area contributed by atoms with E-state index in [1.807, 2.05) is 16.0 Å². The number of nitrogens with zero attached hydrogens (tertiary/aromatic N) is 3. The van der Waals surface area contributed by atoms with Crippen molar-refractivity contribution >= 4 is 33.3 Å². The second-order valence-corrected chi connectivity index (χ2v) is 6.80. The van der Waals surface area contributed by atoms with E-state index in [1.54, 1.807) is 0 Å². The fraction of sp³-hybridized carbons (Fsp3) is 0.500. The Balaban J connectivity index is 2.12. The first-order valence-corrected chi connectivity index (χ1v) is 8.67. The molecule has 104 valence electrons. The number of hydrogen-bond acceptors (Lipinski definition) is 5. The summed E-state index contributed by atoms with van der Waals surface area (Å²) in [5, 5.41) is 11.4. The highest BCUT2D eigenvalue weighted by Crippen LogP contribution is 2.31. The first kappa shape index (κ1) is 13.7. The fourth-order valence-corrected chi connectivity index (χ4v) is 4.26. The summed E-state index contributed by atoms with van der Waals surface area (Å²) >= 11 is 2.82. The maximum Gasteiger partial charge on any atom is 0.272 e. The summed E-state index contributed by atoms with van der Waals surface area (Å²) in [5.74, 6) is 0.328. The molecule has 0 unspecified atom stereocenters. The molecule has 20 heavy (non-hydrogen) atoms. The molecule has 0 atom stereocenters. The summed E-state index contributed by atoms with van der Waals surface area (Å²) in [6.07, 6.45) is 5.67. The minimum absolute atomic E-state index is 0.0670. The zero-order valence-electron chi connectivity index (χ0n) is 11.0. The molecule has 1 saturated carbocycles. The van der Waals surface area contributed by atoms with Gasteiger partial charge in [0.2, 0.25) is 0 Å². The van der Waals surface area contributed by atoms with Crippen molar-refractivity contribution in [2.75, 3.05) is 5.75 Å². The third-order valence-corrected chi connectivity index (χ3v) is 5.40. The Labute approximate surface area is 125 Å². The van der Waals surface area contributed by atoms with E-state index in [2.05, 4.69) is 11.1 Å². The summed E-state index contributed by atoms with van der Waals surface area (Å²) in [5.41, 5.74) is 0.824. The Morgan fingerprint density at radius 1 is 1.45 bits per heavy atom. The number of rotatable bonds is 3. The van der Waals surface area contributed by atoms with Crippen LogP contribution in [0, 0.1) is 11.3 Å². The van der Waals surface area contributed by atoms with Crippen molar-refractivity contribution in [2.24, 2.45) is 0 Å². The Morgan fingerprint density at radius 2 is 2.25 bits per heavy atom. The monoisotopic (exact) mass is 305 g/mol. The lowest BCUT2D eigenvalue weighted by atomic mass is 9.95. The first-order chi connectivity index (χ1) is 9.81. The molecule has 0 aromatic carbocycles. The Hall–Kier alpha value is -1.32. The minimum Gasteiger partial charge on any atom is -0.283 e. The smallest absolute Gasteiger partial charge is 0.272 e. The molecule has 2 aromatic rings. The van der Waals surface area contributed by atoms with Crippen LogP contribution in [0.5, 0.6) is 0 Å². The van der Waals surface area contributed by atoms with Crippen LogP contribution in [-0.4, -0.2) is 15.3 Å². The van der Waals surface area contributed by atoms with Gasteiger partial charge in [-0.2, -0.15) is 5.26 Å². The van der Waals surface area contributed by atoms with E-state index in [-0.39, 0.29) is 11.6 Å². The van der Waals surface area contributed by atoms with Gasteiger partial charge in [-0.25, -0.2) is 4.98 Å². The number of thioether (sulfide) groups is 1. The van der Waals surface area contributed by atoms with E-state index in [0.29, 0.717) is 10.9 Å². The maximum absolute atomic E-state index is 12.7. The highest BCUT2D eigenvalue weighted by molar-refractivity contribution is 7.99. The third kappa shape index (κ3) is 2.48. The normalized spacial score (nSPS) is 16.4. The third-order valence-electron chi connectivity index (χ3n) is 3.69. The molecule has 0 spiro atoms. The number of fused-ring (bicyclic) bond motifs is 1. The predicted octanol–water partition coefficient (Wildman–Crippen LogP) is 3.58. The average Bonchev–Trinajstić information content (AvgIpc) is 2.95. The molecule has 1 aliphatic rings. The highest BCUT2D eigenvalue weighted by Gasteiger charge is 2.22. The molecular formula is C14H15N3OS2. The zero-order valence-corrected chi connectivity index (χ0v) is 12.7. The van der Waals surface area contributed by atoms with Gasteiger partial charge in [0.1, 0.15) is 4.70 Å². The summed E-state index contributed by atoms with van der Waals surface area (Å²) in [4.78, 5) is 17.3. The lowest BCUT2D eigenvalue weighted by Crippen LogP contribution is -2.28. The van der Waals surface area contributed by atoms with Gasteiger partial charge in [-0.1, -0.05) is 31.0 Å². The Kier molecular flexibility index (Phi) is 4.08. The van der Waals surface area contributed by atoms with Crippen LogP contribution in [0.15, 0.2) is 21.4 Å². The van der Waals surface area contributed by atoms with Gasteiger partial charge in [-0.15, -0.1) is 11.3 Å². The highest BCUT2D eigenvalue weighted by atomic mass is 32.2. The molecule has 0 saturated heterocycles. The molecule has 2 heterocycles. The molecule has 0 radical (unpaired) electrons. The van der Waals surface area contributed by atoms with Crippen molar-refractivity contribution in [2.45, 2.75) is 43.3 Å². The van der Waals surface area contributed by atoms with Gasteiger partial charge in [-0.3, -0.25) is 9.36 Å². The Morgan fingerprint density at radius 3 is 3.00 bits per heavy atom. The Bertz CT molecular complexity index is 707. The van der Waals surface area contributed by atoms with Crippen molar-refractivity contribution < 1.29 is 0 Å². The molecule has 0 N–H and O–H groups in total. The summed E-state index contributed by atoms with van der Waals surface area (Å²) in [7, 11) is 0. The molecule has 3 rings (SSSR count). The van der Waals surface area contributed by atoms with E-state index in [1.165, 1.54) is 42.4 Å². The van der Waals surface area contributed by atoms with Crippen molar-refractivity contribution in [3.8, 4) is 6.07 Å². The summed E-state index contributed by atoms with van der Waals surface area (Å²) in [6.45, 7) is 0. The van der Waals surface area contributed by atoms with Crippen LogP contribution >= 0.6 is 23.1 Å². The molecule has 2 aromatic heterocycles. The predicted molar refractivity (Wildman–Crippen MR) is 82.3 cm³/mol. The van der Waals surface area contributed by atoms with Crippen LogP contribution in [0.2, 0.25) is 0 Å². The van der Waals surface area contributed by atoms with E-state index < -0.39 is 0 Å². The van der Waals surface area contributed by atoms with E-state index >= 15 is 0 Å². The summed E-state index contributed by atoms with van der Waals surface area (Å²) < 4.78 is 2.58. The molecule has 0 amide bonds. The molecule has 1 aliphatic carbocycles. The second-order valence-electron chi connectivity index (χ2n) is 4.94. The second kappa shape index (κ2) is 5.98. The maximum atomic E-state index is 12.7. The minimum atomic E-state index is 0.0670. The molecule has 4 nitrogen and oxygen atoms in total. The largest absolute Gasteiger partial charge is 0.283 e. The van der Waals surface area contributed by atoms with Crippen LogP contribution in [0.1, 0.15) is 38.1 Å². The van der Waals surface area contributed by atoms with Gasteiger partial charge in [0.25, 0.3) is 5.56 Å². The van der Waals surface area contributed by atoms with Gasteiger partial charge < -0.3 is 0 Å². The molecule has 1 fully saturated rings. The number of thiophene rings is 1. The lowest BCUT2D eigenvalue weighted by molar-refractivity contribution is 0.326. The van der Waals surface area contributed by atoms with Gasteiger partial charge in [0.15, 0.2) is 5.16 Å². The van der Waals surface area contributed by atoms with Crippen LogP contribution in [0.4, 0.5) is 0 Å². The van der Waals surface area contributed by atoms with Crippen molar-refractivity contribution in [1.82, 2.24) is 9.55 Å². The molecule has 0 aliphatic heterocycles. The number of aromatic nitrogens is 2. The zero-order chi connectivity index (χ0) is 13.9.